The summed E-state index contributed by atoms with van der Waals surface area (Å²) in [5.74, 6) is -1.41. The first-order chi connectivity index (χ1) is 7.84. The van der Waals surface area contributed by atoms with Crippen LogP contribution in [-0.4, -0.2) is 24.0 Å². The van der Waals surface area contributed by atoms with Gasteiger partial charge < -0.3 is 9.84 Å². The van der Waals surface area contributed by atoms with Gasteiger partial charge in [-0.3, -0.25) is 0 Å². The van der Waals surface area contributed by atoms with Crippen molar-refractivity contribution in [3.05, 3.63) is 29.6 Å². The van der Waals surface area contributed by atoms with Crippen molar-refractivity contribution in [1.82, 2.24) is 0 Å². The maximum atomic E-state index is 13.1. The summed E-state index contributed by atoms with van der Waals surface area (Å²) in [6.45, 7) is -1.10. The largest absolute Gasteiger partial charge is 0.487 e. The number of rotatable bonds is 3. The molecule has 7 heteroatoms. The van der Waals surface area contributed by atoms with Crippen molar-refractivity contribution < 1.29 is 27.4 Å². The normalized spacial score (nSPS) is 12.9. The molecular weight excluding hydrogens is 242 g/mol. The fraction of sp³-hybridized carbons (Fsp3) is 0.300. The van der Waals surface area contributed by atoms with Gasteiger partial charge in [0.05, 0.1) is 11.6 Å². The molecule has 0 heterocycles. The summed E-state index contributed by atoms with van der Waals surface area (Å²) < 4.78 is 53.3. The van der Waals surface area contributed by atoms with Crippen LogP contribution in [0.15, 0.2) is 18.2 Å². The molecule has 0 aliphatic heterocycles. The fourth-order valence-corrected chi connectivity index (χ4v) is 0.951. The van der Waals surface area contributed by atoms with E-state index in [1.807, 2.05) is 0 Å². The van der Waals surface area contributed by atoms with Crippen molar-refractivity contribution in [2.75, 3.05) is 6.61 Å². The molecule has 0 aliphatic carbocycles. The van der Waals surface area contributed by atoms with Crippen molar-refractivity contribution in [3.8, 4) is 11.8 Å². The van der Waals surface area contributed by atoms with E-state index in [4.69, 9.17) is 10.4 Å². The molecule has 1 aromatic carbocycles. The van der Waals surface area contributed by atoms with Gasteiger partial charge in [0, 0.05) is 0 Å². The Kier molecular flexibility index (Phi) is 3.91. The summed E-state index contributed by atoms with van der Waals surface area (Å²) in [5, 5.41) is 17.0. The van der Waals surface area contributed by atoms with E-state index >= 15 is 0 Å². The van der Waals surface area contributed by atoms with Crippen LogP contribution in [0.1, 0.15) is 5.56 Å². The highest BCUT2D eigenvalue weighted by atomic mass is 19.4. The van der Waals surface area contributed by atoms with Gasteiger partial charge in [0.15, 0.2) is 17.7 Å². The predicted molar refractivity (Wildman–Crippen MR) is 48.7 cm³/mol. The van der Waals surface area contributed by atoms with Crippen LogP contribution < -0.4 is 4.74 Å². The molecule has 1 N–H and O–H groups in total. The van der Waals surface area contributed by atoms with Crippen LogP contribution in [-0.2, 0) is 0 Å². The average Bonchev–Trinajstić information content (AvgIpc) is 2.25. The number of aliphatic hydroxyl groups is 1. The first kappa shape index (κ1) is 13.3. The number of ether oxygens (including phenoxy) is 1. The molecule has 0 saturated heterocycles. The Morgan fingerprint density at radius 1 is 1.41 bits per heavy atom. The van der Waals surface area contributed by atoms with Crippen LogP contribution >= 0.6 is 0 Å². The zero-order chi connectivity index (χ0) is 13.1. The van der Waals surface area contributed by atoms with Crippen LogP contribution in [0.25, 0.3) is 0 Å². The number of hydrogen-bond acceptors (Lipinski definition) is 3. The van der Waals surface area contributed by atoms with Gasteiger partial charge in [-0.05, 0) is 18.2 Å². The number of alkyl halides is 3. The standard InChI is InChI=1S/C10H7F4NO2/c11-7-3-6(4-15)1-2-8(7)17-5-9(16)10(12,13)14/h1-3,9,16H,5H2. The van der Waals surface area contributed by atoms with Gasteiger partial charge >= 0.3 is 6.18 Å². The number of benzene rings is 1. The van der Waals surface area contributed by atoms with Gasteiger partial charge in [-0.25, -0.2) is 4.39 Å². The summed E-state index contributed by atoms with van der Waals surface area (Å²) in [4.78, 5) is 0. The summed E-state index contributed by atoms with van der Waals surface area (Å²) in [5.41, 5.74) is 0.0196. The highest BCUT2D eigenvalue weighted by Crippen LogP contribution is 2.22. The molecule has 0 aromatic heterocycles. The Hall–Kier alpha value is -1.81. The van der Waals surface area contributed by atoms with Gasteiger partial charge in [-0.2, -0.15) is 18.4 Å². The van der Waals surface area contributed by atoms with Crippen molar-refractivity contribution in [1.29, 1.82) is 5.26 Å². The Morgan fingerprint density at radius 2 is 2.06 bits per heavy atom. The average molecular weight is 249 g/mol. The van der Waals surface area contributed by atoms with Crippen LogP contribution in [0.3, 0.4) is 0 Å². The SMILES string of the molecule is N#Cc1ccc(OCC(O)C(F)(F)F)c(F)c1. The van der Waals surface area contributed by atoms with Gasteiger partial charge in [-0.1, -0.05) is 0 Å². The number of halogens is 4. The number of nitriles is 1. The predicted octanol–water partition coefficient (Wildman–Crippen LogP) is 2.00. The Morgan fingerprint density at radius 3 is 2.53 bits per heavy atom. The minimum absolute atomic E-state index is 0.0196. The minimum Gasteiger partial charge on any atom is -0.487 e. The smallest absolute Gasteiger partial charge is 0.417 e. The summed E-state index contributed by atoms with van der Waals surface area (Å²) >= 11 is 0. The molecule has 0 amide bonds. The van der Waals surface area contributed by atoms with Gasteiger partial charge in [0.1, 0.15) is 6.61 Å². The minimum atomic E-state index is -4.82. The molecule has 92 valence electrons. The van der Waals surface area contributed by atoms with Gasteiger partial charge in [-0.15, -0.1) is 0 Å². The molecule has 0 aliphatic rings. The number of aliphatic hydroxyl groups excluding tert-OH is 1. The van der Waals surface area contributed by atoms with E-state index in [1.165, 1.54) is 6.07 Å². The third-order valence-electron chi connectivity index (χ3n) is 1.84. The fourth-order valence-electron chi connectivity index (χ4n) is 0.951. The van der Waals surface area contributed by atoms with Crippen molar-refractivity contribution >= 4 is 0 Å². The Bertz CT molecular complexity index is 439. The molecule has 17 heavy (non-hydrogen) atoms. The lowest BCUT2D eigenvalue weighted by atomic mass is 10.2. The second kappa shape index (κ2) is 5.01. The Labute approximate surface area is 93.9 Å². The van der Waals surface area contributed by atoms with E-state index in [9.17, 15) is 17.6 Å². The van der Waals surface area contributed by atoms with E-state index < -0.39 is 30.5 Å². The Balaban J connectivity index is 2.68. The zero-order valence-electron chi connectivity index (χ0n) is 8.33. The second-order valence-corrected chi connectivity index (χ2v) is 3.13. The summed E-state index contributed by atoms with van der Waals surface area (Å²) in [7, 11) is 0. The topological polar surface area (TPSA) is 53.2 Å². The molecule has 1 atom stereocenters. The molecule has 0 saturated carbocycles. The molecular formula is C10H7F4NO2. The molecule has 0 spiro atoms. The summed E-state index contributed by atoms with van der Waals surface area (Å²) in [6, 6.07) is 4.71. The van der Waals surface area contributed by atoms with Gasteiger partial charge in [0.2, 0.25) is 0 Å². The molecule has 0 bridgehead atoms. The maximum Gasteiger partial charge on any atom is 0.417 e. The highest BCUT2D eigenvalue weighted by molar-refractivity contribution is 5.35. The second-order valence-electron chi connectivity index (χ2n) is 3.13. The van der Waals surface area contributed by atoms with Crippen molar-refractivity contribution in [2.45, 2.75) is 12.3 Å². The third-order valence-corrected chi connectivity index (χ3v) is 1.84. The zero-order valence-corrected chi connectivity index (χ0v) is 8.33. The maximum absolute atomic E-state index is 13.1. The number of hydrogen-bond donors (Lipinski definition) is 1. The lowest BCUT2D eigenvalue weighted by Gasteiger charge is -2.15. The first-order valence-corrected chi connectivity index (χ1v) is 4.42. The van der Waals surface area contributed by atoms with Crippen LogP contribution in [0.2, 0.25) is 0 Å². The van der Waals surface area contributed by atoms with Crippen LogP contribution in [0, 0.1) is 17.1 Å². The quantitative estimate of drug-likeness (QED) is 0.833. The van der Waals surface area contributed by atoms with Gasteiger partial charge in [0.25, 0.3) is 0 Å². The third kappa shape index (κ3) is 3.60. The number of nitrogens with zero attached hydrogens (tertiary/aromatic N) is 1. The van der Waals surface area contributed by atoms with Crippen molar-refractivity contribution in [3.63, 3.8) is 0 Å². The first-order valence-electron chi connectivity index (χ1n) is 4.42. The van der Waals surface area contributed by atoms with Crippen LogP contribution in [0.5, 0.6) is 5.75 Å². The highest BCUT2D eigenvalue weighted by Gasteiger charge is 2.38. The van der Waals surface area contributed by atoms with Crippen molar-refractivity contribution in [2.24, 2.45) is 0 Å². The lowest BCUT2D eigenvalue weighted by Crippen LogP contribution is -2.34. The lowest BCUT2D eigenvalue weighted by molar-refractivity contribution is -0.210. The van der Waals surface area contributed by atoms with E-state index in [2.05, 4.69) is 4.74 Å². The monoisotopic (exact) mass is 249 g/mol. The van der Waals surface area contributed by atoms with E-state index in [1.54, 1.807) is 6.07 Å². The van der Waals surface area contributed by atoms with E-state index in [0.29, 0.717) is 0 Å². The molecule has 1 aromatic rings. The molecule has 0 radical (unpaired) electrons. The molecule has 1 unspecified atom stereocenters. The molecule has 0 fully saturated rings. The van der Waals surface area contributed by atoms with E-state index in [0.717, 1.165) is 12.1 Å². The van der Waals surface area contributed by atoms with E-state index in [-0.39, 0.29) is 5.56 Å². The molecule has 1 rings (SSSR count). The van der Waals surface area contributed by atoms with Crippen LogP contribution in [0.4, 0.5) is 17.6 Å². The summed E-state index contributed by atoms with van der Waals surface area (Å²) in [6.07, 6.45) is -7.50. The molecule has 3 nitrogen and oxygen atoms in total.